The zero-order chi connectivity index (χ0) is 15.8. The van der Waals surface area contributed by atoms with Gasteiger partial charge in [-0.15, -0.1) is 0 Å². The van der Waals surface area contributed by atoms with Gasteiger partial charge in [0.2, 0.25) is 5.91 Å². The molecule has 0 radical (unpaired) electrons. The zero-order valence-corrected chi connectivity index (χ0v) is 13.3. The smallest absolute Gasteiger partial charge is 0.224 e. The van der Waals surface area contributed by atoms with Crippen molar-refractivity contribution in [3.05, 3.63) is 59.7 Å². The molecule has 0 fully saturated rings. The van der Waals surface area contributed by atoms with E-state index in [9.17, 15) is 4.79 Å². The molecule has 2 rings (SSSR count). The van der Waals surface area contributed by atoms with E-state index < -0.39 is 0 Å². The maximum absolute atomic E-state index is 11.8. The number of benzene rings is 2. The molecular weight excluding hydrogens is 274 g/mol. The van der Waals surface area contributed by atoms with E-state index >= 15 is 0 Å². The SMILES string of the molecule is CCc1ccc(OCCCC(=O)Nc2ccc(C)cc2)cc1. The van der Waals surface area contributed by atoms with Crippen molar-refractivity contribution in [1.29, 1.82) is 0 Å². The first kappa shape index (κ1) is 16.1. The standard InChI is InChI=1S/C19H23NO2/c1-3-16-8-12-18(13-9-16)22-14-4-5-19(21)20-17-10-6-15(2)7-11-17/h6-13H,3-5,14H2,1-2H3,(H,20,21). The fourth-order valence-electron chi connectivity index (χ4n) is 2.10. The highest BCUT2D eigenvalue weighted by Crippen LogP contribution is 2.13. The lowest BCUT2D eigenvalue weighted by atomic mass is 10.2. The Balaban J connectivity index is 1.67. The first-order chi connectivity index (χ1) is 10.7. The number of anilines is 1. The van der Waals surface area contributed by atoms with Gasteiger partial charge in [0.1, 0.15) is 5.75 Å². The molecule has 116 valence electrons. The molecule has 0 aromatic heterocycles. The molecule has 0 aliphatic rings. The van der Waals surface area contributed by atoms with Crippen LogP contribution in [0.5, 0.6) is 5.75 Å². The van der Waals surface area contributed by atoms with E-state index in [1.165, 1.54) is 11.1 Å². The molecule has 1 amide bonds. The minimum Gasteiger partial charge on any atom is -0.494 e. The van der Waals surface area contributed by atoms with Crippen LogP contribution in [0.15, 0.2) is 48.5 Å². The molecule has 3 heteroatoms. The molecule has 22 heavy (non-hydrogen) atoms. The van der Waals surface area contributed by atoms with Gasteiger partial charge in [0.15, 0.2) is 0 Å². The van der Waals surface area contributed by atoms with Gasteiger partial charge in [0, 0.05) is 12.1 Å². The third kappa shape index (κ3) is 5.24. The van der Waals surface area contributed by atoms with E-state index in [1.54, 1.807) is 0 Å². The Morgan fingerprint density at radius 1 is 1.05 bits per heavy atom. The molecule has 2 aromatic carbocycles. The van der Waals surface area contributed by atoms with Crippen LogP contribution in [-0.4, -0.2) is 12.5 Å². The summed E-state index contributed by atoms with van der Waals surface area (Å²) < 4.78 is 5.64. The Morgan fingerprint density at radius 2 is 1.73 bits per heavy atom. The van der Waals surface area contributed by atoms with Crippen molar-refractivity contribution in [3.63, 3.8) is 0 Å². The predicted molar refractivity (Wildman–Crippen MR) is 90.4 cm³/mol. The monoisotopic (exact) mass is 297 g/mol. The van der Waals surface area contributed by atoms with Gasteiger partial charge >= 0.3 is 0 Å². The predicted octanol–water partition coefficient (Wildman–Crippen LogP) is 4.36. The van der Waals surface area contributed by atoms with Crippen LogP contribution in [0.25, 0.3) is 0 Å². The Labute approximate surface area is 132 Å². The molecule has 0 bridgehead atoms. The molecule has 3 nitrogen and oxygen atoms in total. The van der Waals surface area contributed by atoms with Crippen molar-refractivity contribution >= 4 is 11.6 Å². The van der Waals surface area contributed by atoms with E-state index in [0.29, 0.717) is 19.4 Å². The van der Waals surface area contributed by atoms with Crippen LogP contribution in [0.2, 0.25) is 0 Å². The van der Waals surface area contributed by atoms with Crippen molar-refractivity contribution in [1.82, 2.24) is 0 Å². The van der Waals surface area contributed by atoms with Crippen LogP contribution >= 0.6 is 0 Å². The molecular formula is C19H23NO2. The number of carbonyl (C=O) groups is 1. The summed E-state index contributed by atoms with van der Waals surface area (Å²) in [5.41, 5.74) is 3.32. The molecule has 2 aromatic rings. The highest BCUT2D eigenvalue weighted by Gasteiger charge is 2.02. The summed E-state index contributed by atoms with van der Waals surface area (Å²) in [6.45, 7) is 4.70. The number of carbonyl (C=O) groups excluding carboxylic acids is 1. The fraction of sp³-hybridized carbons (Fsp3) is 0.316. The average molecular weight is 297 g/mol. The molecule has 0 saturated carbocycles. The molecule has 0 saturated heterocycles. The number of hydrogen-bond donors (Lipinski definition) is 1. The van der Waals surface area contributed by atoms with E-state index in [2.05, 4.69) is 24.4 Å². The average Bonchev–Trinajstić information content (AvgIpc) is 2.54. The second kappa shape index (κ2) is 8.23. The van der Waals surface area contributed by atoms with Crippen LogP contribution in [0, 0.1) is 6.92 Å². The summed E-state index contributed by atoms with van der Waals surface area (Å²) in [6.07, 6.45) is 2.19. The van der Waals surface area contributed by atoms with Gasteiger partial charge in [0.05, 0.1) is 6.61 Å². The second-order valence-corrected chi connectivity index (χ2v) is 5.36. The first-order valence-electron chi connectivity index (χ1n) is 7.75. The van der Waals surface area contributed by atoms with Crippen molar-refractivity contribution in [2.45, 2.75) is 33.1 Å². The highest BCUT2D eigenvalue weighted by molar-refractivity contribution is 5.90. The quantitative estimate of drug-likeness (QED) is 0.771. The second-order valence-electron chi connectivity index (χ2n) is 5.36. The first-order valence-corrected chi connectivity index (χ1v) is 7.75. The Morgan fingerprint density at radius 3 is 2.36 bits per heavy atom. The lowest BCUT2D eigenvalue weighted by Crippen LogP contribution is -2.12. The maximum atomic E-state index is 11.8. The molecule has 0 spiro atoms. The number of ether oxygens (including phenoxy) is 1. The number of amides is 1. The highest BCUT2D eigenvalue weighted by atomic mass is 16.5. The van der Waals surface area contributed by atoms with Crippen LogP contribution in [0.1, 0.15) is 30.9 Å². The lowest BCUT2D eigenvalue weighted by molar-refractivity contribution is -0.116. The van der Waals surface area contributed by atoms with Gasteiger partial charge in [-0.25, -0.2) is 0 Å². The van der Waals surface area contributed by atoms with Gasteiger partial charge < -0.3 is 10.1 Å². The molecule has 0 unspecified atom stereocenters. The zero-order valence-electron chi connectivity index (χ0n) is 13.3. The van der Waals surface area contributed by atoms with E-state index in [0.717, 1.165) is 17.9 Å². The van der Waals surface area contributed by atoms with Gasteiger partial charge in [0.25, 0.3) is 0 Å². The summed E-state index contributed by atoms with van der Waals surface area (Å²) >= 11 is 0. The van der Waals surface area contributed by atoms with E-state index in [-0.39, 0.29) is 5.91 Å². The largest absolute Gasteiger partial charge is 0.494 e. The Bertz CT molecular complexity index is 588. The molecule has 0 aliphatic heterocycles. The minimum absolute atomic E-state index is 0.0220. The Hall–Kier alpha value is -2.29. The number of hydrogen-bond acceptors (Lipinski definition) is 2. The number of nitrogens with one attached hydrogen (secondary N) is 1. The summed E-state index contributed by atoms with van der Waals surface area (Å²) in [6, 6.07) is 15.9. The lowest BCUT2D eigenvalue weighted by Gasteiger charge is -2.08. The van der Waals surface area contributed by atoms with Gasteiger partial charge in [-0.3, -0.25) is 4.79 Å². The normalized spacial score (nSPS) is 10.3. The fourth-order valence-corrected chi connectivity index (χ4v) is 2.10. The van der Waals surface area contributed by atoms with Crippen molar-refractivity contribution in [2.75, 3.05) is 11.9 Å². The van der Waals surface area contributed by atoms with Crippen molar-refractivity contribution < 1.29 is 9.53 Å². The summed E-state index contributed by atoms with van der Waals surface area (Å²) in [5, 5.41) is 2.89. The summed E-state index contributed by atoms with van der Waals surface area (Å²) in [5.74, 6) is 0.880. The third-order valence-corrected chi connectivity index (χ3v) is 3.48. The minimum atomic E-state index is 0.0220. The Kier molecular flexibility index (Phi) is 6.01. The number of aryl methyl sites for hydroxylation is 2. The van der Waals surface area contributed by atoms with Crippen molar-refractivity contribution in [2.24, 2.45) is 0 Å². The van der Waals surface area contributed by atoms with E-state index in [1.807, 2.05) is 43.3 Å². The van der Waals surface area contributed by atoms with Crippen LogP contribution < -0.4 is 10.1 Å². The molecule has 0 atom stereocenters. The van der Waals surface area contributed by atoms with Gasteiger partial charge in [-0.2, -0.15) is 0 Å². The van der Waals surface area contributed by atoms with Crippen LogP contribution in [0.4, 0.5) is 5.69 Å². The van der Waals surface area contributed by atoms with E-state index in [4.69, 9.17) is 4.74 Å². The topological polar surface area (TPSA) is 38.3 Å². The maximum Gasteiger partial charge on any atom is 0.224 e. The third-order valence-electron chi connectivity index (χ3n) is 3.48. The van der Waals surface area contributed by atoms with Crippen molar-refractivity contribution in [3.8, 4) is 5.75 Å². The summed E-state index contributed by atoms with van der Waals surface area (Å²) in [7, 11) is 0. The van der Waals surface area contributed by atoms with Crippen LogP contribution in [-0.2, 0) is 11.2 Å². The molecule has 0 heterocycles. The van der Waals surface area contributed by atoms with Gasteiger partial charge in [-0.1, -0.05) is 36.8 Å². The molecule has 0 aliphatic carbocycles. The number of rotatable bonds is 7. The van der Waals surface area contributed by atoms with Crippen LogP contribution in [0.3, 0.4) is 0 Å². The van der Waals surface area contributed by atoms with Gasteiger partial charge in [-0.05, 0) is 49.6 Å². The summed E-state index contributed by atoms with van der Waals surface area (Å²) in [4.78, 5) is 11.8. The molecule has 1 N–H and O–H groups in total.